The standard InChI is InChI=1S/C19H20ClN3O4/c1-12-8-13(18(24)25)11-23(10-12)19(26)22-14-6-7-21-17(9-14)27-16-5-3-2-4-15(16)20/h2-7,9,12-13H,8,10-11H2,1H3,(H,24,25)(H,21,22,26). The number of carboxylic acid groups (broad SMARTS) is 1. The lowest BCUT2D eigenvalue weighted by atomic mass is 9.91. The Hall–Kier alpha value is -2.80. The maximum Gasteiger partial charge on any atom is 0.321 e. The molecule has 0 radical (unpaired) electrons. The summed E-state index contributed by atoms with van der Waals surface area (Å²) in [7, 11) is 0. The van der Waals surface area contributed by atoms with Gasteiger partial charge in [-0.05, 0) is 30.5 Å². The smallest absolute Gasteiger partial charge is 0.321 e. The fourth-order valence-electron chi connectivity index (χ4n) is 3.08. The van der Waals surface area contributed by atoms with Crippen LogP contribution >= 0.6 is 11.6 Å². The van der Waals surface area contributed by atoms with Crippen LogP contribution in [0.4, 0.5) is 10.5 Å². The number of nitrogens with one attached hydrogen (secondary N) is 1. The molecule has 2 atom stereocenters. The number of piperidine rings is 1. The predicted octanol–water partition coefficient (Wildman–Crippen LogP) is 4.10. The second-order valence-electron chi connectivity index (χ2n) is 6.63. The molecule has 7 nitrogen and oxygen atoms in total. The molecule has 27 heavy (non-hydrogen) atoms. The second-order valence-corrected chi connectivity index (χ2v) is 7.03. The summed E-state index contributed by atoms with van der Waals surface area (Å²) in [5.74, 6) is -0.544. The van der Waals surface area contributed by atoms with Crippen molar-refractivity contribution >= 4 is 29.3 Å². The molecule has 0 spiro atoms. The summed E-state index contributed by atoms with van der Waals surface area (Å²) >= 11 is 6.08. The SMILES string of the molecule is CC1CC(C(=O)O)CN(C(=O)Nc2ccnc(Oc3ccccc3Cl)c2)C1. The molecule has 2 N–H and O–H groups in total. The Bertz CT molecular complexity index is 845. The van der Waals surface area contributed by atoms with Crippen LogP contribution in [0.2, 0.25) is 5.02 Å². The number of nitrogens with zero attached hydrogens (tertiary/aromatic N) is 2. The Morgan fingerprint density at radius 2 is 2.07 bits per heavy atom. The largest absolute Gasteiger partial charge is 0.481 e. The highest BCUT2D eigenvalue weighted by molar-refractivity contribution is 6.32. The summed E-state index contributed by atoms with van der Waals surface area (Å²) in [5.41, 5.74) is 0.502. The van der Waals surface area contributed by atoms with E-state index in [2.05, 4.69) is 10.3 Å². The number of para-hydroxylation sites is 1. The number of likely N-dealkylation sites (tertiary alicyclic amines) is 1. The molecule has 2 aromatic rings. The Morgan fingerprint density at radius 3 is 2.81 bits per heavy atom. The number of carbonyl (C=O) groups excluding carboxylic acids is 1. The number of hydrogen-bond acceptors (Lipinski definition) is 4. The molecule has 2 amide bonds. The normalized spacial score (nSPS) is 19.4. The molecule has 1 aromatic heterocycles. The Morgan fingerprint density at radius 1 is 1.30 bits per heavy atom. The number of halogens is 1. The third-order valence-corrected chi connectivity index (χ3v) is 4.65. The van der Waals surface area contributed by atoms with E-state index in [1.807, 2.05) is 6.92 Å². The van der Waals surface area contributed by atoms with Crippen LogP contribution in [0.25, 0.3) is 0 Å². The number of carboxylic acids is 1. The lowest BCUT2D eigenvalue weighted by Gasteiger charge is -2.34. The molecule has 2 unspecified atom stereocenters. The highest BCUT2D eigenvalue weighted by Gasteiger charge is 2.31. The zero-order valence-electron chi connectivity index (χ0n) is 14.8. The highest BCUT2D eigenvalue weighted by Crippen LogP contribution is 2.29. The van der Waals surface area contributed by atoms with E-state index in [9.17, 15) is 14.7 Å². The van der Waals surface area contributed by atoms with Gasteiger partial charge in [-0.1, -0.05) is 30.7 Å². The van der Waals surface area contributed by atoms with Crippen molar-refractivity contribution in [2.45, 2.75) is 13.3 Å². The van der Waals surface area contributed by atoms with Gasteiger partial charge >= 0.3 is 12.0 Å². The number of benzene rings is 1. The summed E-state index contributed by atoms with van der Waals surface area (Å²) in [4.78, 5) is 29.5. The van der Waals surface area contributed by atoms with E-state index in [1.165, 1.54) is 11.1 Å². The van der Waals surface area contributed by atoms with Crippen LogP contribution in [0.5, 0.6) is 11.6 Å². The zero-order chi connectivity index (χ0) is 19.4. The van der Waals surface area contributed by atoms with Crippen molar-refractivity contribution in [2.75, 3.05) is 18.4 Å². The van der Waals surface area contributed by atoms with Crippen LogP contribution in [-0.2, 0) is 4.79 Å². The molecule has 0 aliphatic carbocycles. The third-order valence-electron chi connectivity index (χ3n) is 4.33. The van der Waals surface area contributed by atoms with Crippen LogP contribution in [0, 0.1) is 11.8 Å². The number of hydrogen-bond donors (Lipinski definition) is 2. The Balaban J connectivity index is 1.68. The van der Waals surface area contributed by atoms with Gasteiger partial charge in [0.2, 0.25) is 5.88 Å². The number of aromatic nitrogens is 1. The van der Waals surface area contributed by atoms with Crippen molar-refractivity contribution in [3.05, 3.63) is 47.6 Å². The molecule has 1 aromatic carbocycles. The Labute approximate surface area is 161 Å². The Kier molecular flexibility index (Phi) is 5.81. The first-order valence-corrected chi connectivity index (χ1v) is 8.97. The van der Waals surface area contributed by atoms with Gasteiger partial charge in [-0.15, -0.1) is 0 Å². The number of pyridine rings is 1. The minimum atomic E-state index is -0.876. The fourth-order valence-corrected chi connectivity index (χ4v) is 3.26. The second kappa shape index (κ2) is 8.26. The van der Waals surface area contributed by atoms with Gasteiger partial charge in [-0.2, -0.15) is 0 Å². The number of aliphatic carboxylic acids is 1. The predicted molar refractivity (Wildman–Crippen MR) is 101 cm³/mol. The van der Waals surface area contributed by atoms with Gasteiger partial charge in [0.15, 0.2) is 0 Å². The summed E-state index contributed by atoms with van der Waals surface area (Å²) in [6, 6.07) is 9.90. The third kappa shape index (κ3) is 4.89. The van der Waals surface area contributed by atoms with Gasteiger partial charge in [0.1, 0.15) is 5.75 Å². The van der Waals surface area contributed by atoms with Crippen molar-refractivity contribution in [2.24, 2.45) is 11.8 Å². The fraction of sp³-hybridized carbons (Fsp3) is 0.316. The average Bonchev–Trinajstić information content (AvgIpc) is 2.63. The van der Waals surface area contributed by atoms with Crippen LogP contribution in [0.3, 0.4) is 0 Å². The summed E-state index contributed by atoms with van der Waals surface area (Å²) in [6.07, 6.45) is 2.09. The first kappa shape index (κ1) is 19.0. The van der Waals surface area contributed by atoms with Crippen molar-refractivity contribution in [3.63, 3.8) is 0 Å². The lowest BCUT2D eigenvalue weighted by Crippen LogP contribution is -2.47. The van der Waals surface area contributed by atoms with E-state index in [0.717, 1.165) is 0 Å². The molecule has 2 heterocycles. The quantitative estimate of drug-likeness (QED) is 0.821. The van der Waals surface area contributed by atoms with E-state index >= 15 is 0 Å². The molecule has 1 aliphatic heterocycles. The van der Waals surface area contributed by atoms with Gasteiger partial charge < -0.3 is 20.1 Å². The van der Waals surface area contributed by atoms with Crippen molar-refractivity contribution in [1.29, 1.82) is 0 Å². The first-order valence-electron chi connectivity index (χ1n) is 8.59. The molecule has 1 saturated heterocycles. The molecule has 1 aliphatic rings. The molecule has 0 bridgehead atoms. The molecule has 8 heteroatoms. The van der Waals surface area contributed by atoms with E-state index in [0.29, 0.717) is 29.4 Å². The summed E-state index contributed by atoms with van der Waals surface area (Å²) in [5, 5.41) is 12.5. The van der Waals surface area contributed by atoms with Crippen molar-refractivity contribution in [1.82, 2.24) is 9.88 Å². The zero-order valence-corrected chi connectivity index (χ0v) is 15.5. The number of amides is 2. The van der Waals surface area contributed by atoms with Crippen molar-refractivity contribution in [3.8, 4) is 11.6 Å². The number of rotatable bonds is 4. The van der Waals surface area contributed by atoms with E-state index in [-0.39, 0.29) is 24.4 Å². The van der Waals surface area contributed by atoms with Gasteiger partial charge in [0.05, 0.1) is 10.9 Å². The molecule has 3 rings (SSSR count). The van der Waals surface area contributed by atoms with E-state index < -0.39 is 11.9 Å². The van der Waals surface area contributed by atoms with Crippen LogP contribution in [-0.4, -0.2) is 40.1 Å². The maximum absolute atomic E-state index is 12.5. The first-order chi connectivity index (χ1) is 12.9. The molecule has 0 saturated carbocycles. The average molecular weight is 390 g/mol. The van der Waals surface area contributed by atoms with Gasteiger partial charge in [0.25, 0.3) is 0 Å². The number of ether oxygens (including phenoxy) is 1. The summed E-state index contributed by atoms with van der Waals surface area (Å²) in [6.45, 7) is 2.65. The van der Waals surface area contributed by atoms with Crippen molar-refractivity contribution < 1.29 is 19.4 Å². The lowest BCUT2D eigenvalue weighted by molar-refractivity contribution is -0.143. The molecular weight excluding hydrogens is 370 g/mol. The number of anilines is 1. The molecule has 1 fully saturated rings. The topological polar surface area (TPSA) is 91.8 Å². The van der Waals surface area contributed by atoms with Crippen LogP contribution in [0.1, 0.15) is 13.3 Å². The highest BCUT2D eigenvalue weighted by atomic mass is 35.5. The molecular formula is C19H20ClN3O4. The van der Waals surface area contributed by atoms with Gasteiger partial charge in [-0.3, -0.25) is 4.79 Å². The van der Waals surface area contributed by atoms with Crippen LogP contribution < -0.4 is 10.1 Å². The monoisotopic (exact) mass is 389 g/mol. The van der Waals surface area contributed by atoms with Gasteiger partial charge in [-0.25, -0.2) is 9.78 Å². The van der Waals surface area contributed by atoms with Crippen LogP contribution in [0.15, 0.2) is 42.6 Å². The summed E-state index contributed by atoms with van der Waals surface area (Å²) < 4.78 is 5.66. The van der Waals surface area contributed by atoms with Gasteiger partial charge in [0, 0.05) is 31.0 Å². The van der Waals surface area contributed by atoms with E-state index in [4.69, 9.17) is 16.3 Å². The maximum atomic E-state index is 12.5. The number of carbonyl (C=O) groups is 2. The van der Waals surface area contributed by atoms with E-state index in [1.54, 1.807) is 36.4 Å². The number of urea groups is 1. The minimum absolute atomic E-state index is 0.127. The minimum Gasteiger partial charge on any atom is -0.481 e. The molecule has 142 valence electrons.